The molecule has 2 fully saturated rings. The molecule has 11 nitrogen and oxygen atoms in total. The van der Waals surface area contributed by atoms with Gasteiger partial charge in [-0.2, -0.15) is 0 Å². The van der Waals surface area contributed by atoms with Crippen molar-refractivity contribution in [1.82, 2.24) is 39.5 Å². The molecule has 304 valence electrons. The highest BCUT2D eigenvalue weighted by Gasteiger charge is 2.41. The number of carbonyl (C=O) groups excluding carboxylic acids is 1. The van der Waals surface area contributed by atoms with Crippen LogP contribution in [0.25, 0.3) is 0 Å². The molecule has 2 unspecified atom stereocenters. The normalized spacial score (nSPS) is 22.7. The maximum absolute atomic E-state index is 15.2. The first kappa shape index (κ1) is 40.4. The van der Waals surface area contributed by atoms with E-state index in [1.165, 1.54) is 21.1 Å². The maximum Gasteiger partial charge on any atom is 0.180 e. The number of nitrogens with two attached hydrogens (primary N) is 2. The first-order valence-corrected chi connectivity index (χ1v) is 24.5. The van der Waals surface area contributed by atoms with Crippen LogP contribution >= 0.6 is 45.3 Å². The molecule has 0 bridgehead atoms. The molecule has 0 saturated carbocycles. The van der Waals surface area contributed by atoms with E-state index < -0.39 is 0 Å². The second-order valence-corrected chi connectivity index (χ2v) is 20.7. The van der Waals surface area contributed by atoms with Gasteiger partial charge in [-0.3, -0.25) is 34.4 Å². The molecule has 0 radical (unpaired) electrons. The van der Waals surface area contributed by atoms with Crippen LogP contribution in [-0.4, -0.2) is 110 Å². The number of hydrogen-bond acceptors (Lipinski definition) is 15. The molecule has 0 spiro atoms. The number of anilines is 2. The molecule has 4 aromatic heterocycles. The van der Waals surface area contributed by atoms with Gasteiger partial charge in [0.15, 0.2) is 16.0 Å². The van der Waals surface area contributed by atoms with Crippen molar-refractivity contribution >= 4 is 61.4 Å². The van der Waals surface area contributed by atoms with Crippen LogP contribution in [0, 0.1) is 11.8 Å². The zero-order chi connectivity index (χ0) is 38.6. The van der Waals surface area contributed by atoms with Crippen molar-refractivity contribution in [2.75, 3.05) is 63.8 Å². The summed E-state index contributed by atoms with van der Waals surface area (Å²) in [6.07, 6.45) is 17.2. The Bertz CT molecular complexity index is 1700. The number of likely N-dealkylation sites (tertiary alicyclic amines) is 2. The summed E-state index contributed by atoms with van der Waals surface area (Å²) in [5.41, 5.74) is 18.4. The highest BCUT2D eigenvalue weighted by Crippen LogP contribution is 2.39. The van der Waals surface area contributed by atoms with Crippen LogP contribution in [0.2, 0.25) is 0 Å². The number of hydrogen-bond donors (Lipinski definition) is 2. The quantitative estimate of drug-likeness (QED) is 0.121. The molecular formula is C41H60N10OS4. The average molecular weight is 837 g/mol. The van der Waals surface area contributed by atoms with Crippen LogP contribution < -0.4 is 11.5 Å². The summed E-state index contributed by atoms with van der Waals surface area (Å²) in [6, 6.07) is 0.547. The Balaban J connectivity index is 0.913. The number of aromatic nitrogens is 4. The van der Waals surface area contributed by atoms with E-state index in [0.717, 1.165) is 139 Å². The van der Waals surface area contributed by atoms with E-state index in [1.807, 2.05) is 23.4 Å². The summed E-state index contributed by atoms with van der Waals surface area (Å²) in [5.74, 6) is 1.55. The Morgan fingerprint density at radius 3 is 1.52 bits per heavy atom. The molecule has 2 aliphatic carbocycles. The van der Waals surface area contributed by atoms with E-state index in [4.69, 9.17) is 11.5 Å². The lowest BCUT2D eigenvalue weighted by Crippen LogP contribution is -2.49. The third-order valence-corrected chi connectivity index (χ3v) is 16.5. The molecule has 0 amide bonds. The molecule has 4 aromatic rings. The van der Waals surface area contributed by atoms with Crippen molar-refractivity contribution in [1.29, 1.82) is 0 Å². The summed E-state index contributed by atoms with van der Waals surface area (Å²) < 4.78 is 0. The summed E-state index contributed by atoms with van der Waals surface area (Å²) in [4.78, 5) is 48.8. The van der Waals surface area contributed by atoms with E-state index in [9.17, 15) is 0 Å². The zero-order valence-electron chi connectivity index (χ0n) is 33.2. The van der Waals surface area contributed by atoms with Crippen molar-refractivity contribution in [3.05, 3.63) is 54.3 Å². The maximum atomic E-state index is 15.2. The molecule has 15 heteroatoms. The molecule has 2 saturated heterocycles. The Labute approximate surface area is 348 Å². The minimum atomic E-state index is -0.286. The largest absolute Gasteiger partial charge is 0.375 e. The predicted octanol–water partition coefficient (Wildman–Crippen LogP) is 6.99. The molecule has 4 atom stereocenters. The van der Waals surface area contributed by atoms with Gasteiger partial charge < -0.3 is 11.5 Å². The molecule has 2 aliphatic heterocycles. The fraction of sp³-hybridized carbons (Fsp3) is 0.683. The lowest BCUT2D eigenvalue weighted by Gasteiger charge is -2.43. The van der Waals surface area contributed by atoms with E-state index >= 15 is 4.79 Å². The van der Waals surface area contributed by atoms with Gasteiger partial charge in [-0.15, -0.1) is 45.3 Å². The number of Topliss-reactive ketones (excluding diaryl/α,β-unsaturated/α-hetero) is 1. The number of nitrogens with zero attached hydrogens (tertiary/aromatic N) is 8. The van der Waals surface area contributed by atoms with Crippen molar-refractivity contribution in [3.63, 3.8) is 0 Å². The molecule has 0 aromatic carbocycles. The second-order valence-electron chi connectivity index (χ2n) is 16.6. The van der Waals surface area contributed by atoms with Crippen LogP contribution in [-0.2, 0) is 30.5 Å². The van der Waals surface area contributed by atoms with Gasteiger partial charge in [0.2, 0.25) is 0 Å². The molecule has 6 heterocycles. The third kappa shape index (κ3) is 9.25. The number of nitrogen functional groups attached to an aromatic ring is 2. The minimum Gasteiger partial charge on any atom is -0.375 e. The second kappa shape index (κ2) is 18.7. The molecular weight excluding hydrogens is 777 g/mol. The van der Waals surface area contributed by atoms with E-state index in [0.29, 0.717) is 40.0 Å². The first-order chi connectivity index (χ1) is 27.4. The molecule has 4 aliphatic rings. The Kier molecular flexibility index (Phi) is 13.5. The SMILES string of the molecule is CCCN(CC1CCN([C@@H](C(=O)[C@@H](c2cncs2)N2CCC(CN(CCC)C3CCc4nc(N)sc4C3)CC2)c2cncs2)CC1)C1CCc2nc(N)sc2C1. The third-order valence-electron chi connectivity index (χ3n) is 12.9. The van der Waals surface area contributed by atoms with Gasteiger partial charge in [-0.05, 0) is 128 Å². The van der Waals surface area contributed by atoms with Crippen LogP contribution in [0.3, 0.4) is 0 Å². The topological polar surface area (TPSA) is 134 Å². The summed E-state index contributed by atoms with van der Waals surface area (Å²) >= 11 is 6.62. The number of thiazole rings is 4. The van der Waals surface area contributed by atoms with Gasteiger partial charge in [0.05, 0.1) is 22.4 Å². The van der Waals surface area contributed by atoms with Crippen molar-refractivity contribution < 1.29 is 4.79 Å². The zero-order valence-corrected chi connectivity index (χ0v) is 36.5. The number of rotatable bonds is 16. The van der Waals surface area contributed by atoms with Crippen molar-refractivity contribution in [2.24, 2.45) is 11.8 Å². The number of carbonyl (C=O) groups is 1. The fourth-order valence-corrected chi connectivity index (χ4v) is 13.5. The van der Waals surface area contributed by atoms with Crippen LogP contribution in [0.15, 0.2) is 23.4 Å². The van der Waals surface area contributed by atoms with Crippen molar-refractivity contribution in [2.45, 2.75) is 115 Å². The highest BCUT2D eigenvalue weighted by molar-refractivity contribution is 7.15. The van der Waals surface area contributed by atoms with Crippen molar-refractivity contribution in [3.8, 4) is 0 Å². The molecule has 56 heavy (non-hydrogen) atoms. The standard InChI is InChI=1S/C41H60N10OS4/c1-3-13-50(29-5-7-31-33(19-29)55-40(42)46-31)23-27-9-15-48(16-10-27)37(35-21-44-25-53-35)39(52)38(36-22-45-26-54-36)49-17-11-28(12-18-49)24-51(14-4-2)30-6-8-32-34(20-30)56-41(43)47-32/h21-22,25-30,37-38H,3-20,23-24H2,1-2H3,(H2,42,46)(H2,43,47)/t29?,30?,37-,38-/m1/s1. The van der Waals surface area contributed by atoms with Crippen LogP contribution in [0.5, 0.6) is 0 Å². The van der Waals surface area contributed by atoms with E-state index in [-0.39, 0.29) is 12.1 Å². The Morgan fingerprint density at radius 2 is 1.14 bits per heavy atom. The number of piperidine rings is 2. The average Bonchev–Trinajstić information content (AvgIpc) is 4.04. The summed E-state index contributed by atoms with van der Waals surface area (Å²) in [6.45, 7) is 12.8. The summed E-state index contributed by atoms with van der Waals surface area (Å²) in [5, 5.41) is 1.42. The van der Waals surface area contributed by atoms with Gasteiger partial charge in [0.1, 0.15) is 12.1 Å². The number of ketones is 1. The lowest BCUT2D eigenvalue weighted by atomic mass is 9.89. The smallest absolute Gasteiger partial charge is 0.180 e. The van der Waals surface area contributed by atoms with Crippen LogP contribution in [0.1, 0.15) is 108 Å². The predicted molar refractivity (Wildman–Crippen MR) is 232 cm³/mol. The van der Waals surface area contributed by atoms with Crippen LogP contribution in [0.4, 0.5) is 10.3 Å². The Hall–Kier alpha value is -2.37. The lowest BCUT2D eigenvalue weighted by molar-refractivity contribution is -0.131. The van der Waals surface area contributed by atoms with Gasteiger partial charge in [-0.25, -0.2) is 9.97 Å². The van der Waals surface area contributed by atoms with E-state index in [2.05, 4.69) is 53.4 Å². The van der Waals surface area contributed by atoms with Gasteiger partial charge >= 0.3 is 0 Å². The monoisotopic (exact) mass is 836 g/mol. The van der Waals surface area contributed by atoms with Gasteiger partial charge in [0.25, 0.3) is 0 Å². The van der Waals surface area contributed by atoms with E-state index in [1.54, 1.807) is 45.3 Å². The van der Waals surface area contributed by atoms with Gasteiger partial charge in [-0.1, -0.05) is 13.8 Å². The summed E-state index contributed by atoms with van der Waals surface area (Å²) in [7, 11) is 0. The highest BCUT2D eigenvalue weighted by atomic mass is 32.1. The van der Waals surface area contributed by atoms with Gasteiger partial charge in [0, 0.05) is 57.1 Å². The molecule has 8 rings (SSSR count). The molecule has 4 N–H and O–H groups in total. The number of fused-ring (bicyclic) bond motifs is 2. The number of aryl methyl sites for hydroxylation is 2. The minimum absolute atomic E-state index is 0.286. The first-order valence-electron chi connectivity index (χ1n) is 21.1. The fourth-order valence-electron chi connectivity index (χ4n) is 10.1. The Morgan fingerprint density at radius 1 is 0.714 bits per heavy atom.